The van der Waals surface area contributed by atoms with E-state index in [1.807, 2.05) is 60.7 Å². The van der Waals surface area contributed by atoms with E-state index in [9.17, 15) is 8.42 Å². The SMILES string of the molecule is NC(N)=NS(=O)(=O)c1ccc(N=Nc2c(-c3ccccc3)noc2-c2ccccc2)cc1. The molecule has 4 aromatic rings. The Bertz CT molecular complexity index is 1320. The molecule has 0 spiro atoms. The molecule has 0 aliphatic heterocycles. The molecule has 10 heteroatoms. The first-order chi connectivity index (χ1) is 15.4. The second-order valence-corrected chi connectivity index (χ2v) is 8.23. The van der Waals surface area contributed by atoms with E-state index in [4.69, 9.17) is 16.0 Å². The Morgan fingerprint density at radius 1 is 0.781 bits per heavy atom. The fourth-order valence-corrected chi connectivity index (χ4v) is 3.79. The third-order valence-corrected chi connectivity index (χ3v) is 5.70. The summed E-state index contributed by atoms with van der Waals surface area (Å²) >= 11 is 0. The Balaban J connectivity index is 1.72. The predicted octanol–water partition coefficient (Wildman–Crippen LogP) is 4.39. The second kappa shape index (κ2) is 8.82. The van der Waals surface area contributed by atoms with Crippen LogP contribution in [0.25, 0.3) is 22.6 Å². The summed E-state index contributed by atoms with van der Waals surface area (Å²) in [5.74, 6) is -0.0664. The molecule has 0 fully saturated rings. The first kappa shape index (κ1) is 20.9. The smallest absolute Gasteiger partial charge is 0.285 e. The van der Waals surface area contributed by atoms with Gasteiger partial charge in [-0.1, -0.05) is 65.8 Å². The van der Waals surface area contributed by atoms with Gasteiger partial charge in [0.05, 0.1) is 10.6 Å². The van der Waals surface area contributed by atoms with Crippen molar-refractivity contribution in [1.82, 2.24) is 5.16 Å². The first-order valence-corrected chi connectivity index (χ1v) is 10.9. The minimum atomic E-state index is -3.98. The van der Waals surface area contributed by atoms with Gasteiger partial charge in [-0.15, -0.1) is 9.51 Å². The number of azo groups is 1. The first-order valence-electron chi connectivity index (χ1n) is 9.42. The van der Waals surface area contributed by atoms with Crippen molar-refractivity contribution >= 4 is 27.4 Å². The summed E-state index contributed by atoms with van der Waals surface area (Å²) in [4.78, 5) is -0.0650. The van der Waals surface area contributed by atoms with Crippen molar-refractivity contribution in [3.8, 4) is 22.6 Å². The van der Waals surface area contributed by atoms with E-state index in [0.29, 0.717) is 22.8 Å². The summed E-state index contributed by atoms with van der Waals surface area (Å²) in [7, 11) is -3.98. The van der Waals surface area contributed by atoms with E-state index in [1.165, 1.54) is 24.3 Å². The molecular formula is C22H18N6O3S. The third kappa shape index (κ3) is 4.55. The molecule has 3 aromatic carbocycles. The Kier molecular flexibility index (Phi) is 5.77. The lowest BCUT2D eigenvalue weighted by Gasteiger charge is -2.01. The Morgan fingerprint density at radius 3 is 1.97 bits per heavy atom. The zero-order chi connectivity index (χ0) is 22.6. The van der Waals surface area contributed by atoms with Crippen molar-refractivity contribution in [3.05, 3.63) is 84.9 Å². The van der Waals surface area contributed by atoms with Crippen LogP contribution in [0.3, 0.4) is 0 Å². The highest BCUT2D eigenvalue weighted by molar-refractivity contribution is 7.90. The van der Waals surface area contributed by atoms with Gasteiger partial charge in [0.25, 0.3) is 10.0 Å². The van der Waals surface area contributed by atoms with Crippen LogP contribution in [0.4, 0.5) is 11.4 Å². The number of nitrogens with two attached hydrogens (primary N) is 2. The average Bonchev–Trinajstić information content (AvgIpc) is 3.22. The average molecular weight is 446 g/mol. The van der Waals surface area contributed by atoms with Crippen molar-refractivity contribution in [1.29, 1.82) is 0 Å². The number of rotatable bonds is 6. The quantitative estimate of drug-likeness (QED) is 0.255. The van der Waals surface area contributed by atoms with Gasteiger partial charge >= 0.3 is 0 Å². The molecule has 0 bridgehead atoms. The molecule has 0 aliphatic carbocycles. The van der Waals surface area contributed by atoms with E-state index in [2.05, 4.69) is 19.8 Å². The summed E-state index contributed by atoms with van der Waals surface area (Å²) in [6.45, 7) is 0. The van der Waals surface area contributed by atoms with Gasteiger partial charge in [0, 0.05) is 11.1 Å². The van der Waals surface area contributed by atoms with Crippen LogP contribution in [-0.4, -0.2) is 19.5 Å². The van der Waals surface area contributed by atoms with E-state index in [-0.39, 0.29) is 4.90 Å². The van der Waals surface area contributed by atoms with Crippen LogP contribution in [0.15, 0.2) is 109 Å². The van der Waals surface area contributed by atoms with Gasteiger partial charge in [-0.25, -0.2) is 0 Å². The van der Waals surface area contributed by atoms with Crippen molar-refractivity contribution in [2.75, 3.05) is 0 Å². The predicted molar refractivity (Wildman–Crippen MR) is 121 cm³/mol. The molecule has 0 unspecified atom stereocenters. The van der Waals surface area contributed by atoms with Crippen LogP contribution < -0.4 is 11.5 Å². The fourth-order valence-electron chi connectivity index (χ4n) is 2.93. The molecular weight excluding hydrogens is 428 g/mol. The van der Waals surface area contributed by atoms with Gasteiger partial charge in [-0.2, -0.15) is 13.5 Å². The van der Waals surface area contributed by atoms with Crippen LogP contribution >= 0.6 is 0 Å². The largest absolute Gasteiger partial charge is 0.369 e. The lowest BCUT2D eigenvalue weighted by molar-refractivity contribution is 0.435. The van der Waals surface area contributed by atoms with Gasteiger partial charge < -0.3 is 16.0 Å². The Labute approximate surface area is 184 Å². The Morgan fingerprint density at radius 2 is 1.38 bits per heavy atom. The summed E-state index contributed by atoms with van der Waals surface area (Å²) in [5.41, 5.74) is 13.4. The van der Waals surface area contributed by atoms with Gasteiger partial charge in [-0.3, -0.25) is 0 Å². The molecule has 1 heterocycles. The van der Waals surface area contributed by atoms with Crippen molar-refractivity contribution in [2.45, 2.75) is 4.90 Å². The number of hydrogen-bond donors (Lipinski definition) is 2. The lowest BCUT2D eigenvalue weighted by atomic mass is 10.1. The van der Waals surface area contributed by atoms with Gasteiger partial charge in [0.15, 0.2) is 11.4 Å². The molecule has 1 aromatic heterocycles. The zero-order valence-corrected chi connectivity index (χ0v) is 17.5. The standard InChI is InChI=1S/C22H18N6O3S/c23-22(24)28-32(29,30)18-13-11-17(12-14-18)25-26-20-19(15-7-3-1-4-8-15)27-31-21(20)16-9-5-2-6-10-16/h1-14H,(H4,23,24,28). The maximum absolute atomic E-state index is 12.1. The second-order valence-electron chi connectivity index (χ2n) is 6.63. The molecule has 4 N–H and O–H groups in total. The zero-order valence-electron chi connectivity index (χ0n) is 16.7. The maximum Gasteiger partial charge on any atom is 0.285 e. The van der Waals surface area contributed by atoms with Crippen LogP contribution in [0.2, 0.25) is 0 Å². The third-order valence-electron chi connectivity index (χ3n) is 4.38. The molecule has 0 amide bonds. The normalized spacial score (nSPS) is 11.5. The molecule has 32 heavy (non-hydrogen) atoms. The minimum absolute atomic E-state index is 0.0650. The van der Waals surface area contributed by atoms with Crippen LogP contribution in [-0.2, 0) is 10.0 Å². The summed E-state index contributed by atoms with van der Waals surface area (Å²) in [5, 5.41) is 12.8. The van der Waals surface area contributed by atoms with Crippen LogP contribution in [0.5, 0.6) is 0 Å². The van der Waals surface area contributed by atoms with Gasteiger partial charge in [0.1, 0.15) is 5.69 Å². The van der Waals surface area contributed by atoms with E-state index in [1.54, 1.807) is 0 Å². The maximum atomic E-state index is 12.1. The molecule has 160 valence electrons. The topological polar surface area (TPSA) is 149 Å². The van der Waals surface area contributed by atoms with E-state index < -0.39 is 16.0 Å². The fraction of sp³-hybridized carbons (Fsp3) is 0. The Hall–Kier alpha value is -4.31. The van der Waals surface area contributed by atoms with Crippen molar-refractivity contribution in [3.63, 3.8) is 0 Å². The van der Waals surface area contributed by atoms with E-state index >= 15 is 0 Å². The lowest BCUT2D eigenvalue weighted by Crippen LogP contribution is -2.24. The van der Waals surface area contributed by atoms with Crippen molar-refractivity contribution in [2.24, 2.45) is 26.1 Å². The highest BCUT2D eigenvalue weighted by Crippen LogP contribution is 2.39. The summed E-state index contributed by atoms with van der Waals surface area (Å²) < 4.78 is 33.0. The summed E-state index contributed by atoms with van der Waals surface area (Å²) in [6, 6.07) is 24.6. The monoisotopic (exact) mass is 446 g/mol. The molecule has 0 saturated heterocycles. The molecule has 0 radical (unpaired) electrons. The molecule has 0 saturated carbocycles. The molecule has 9 nitrogen and oxygen atoms in total. The molecule has 4 rings (SSSR count). The number of benzene rings is 3. The minimum Gasteiger partial charge on any atom is -0.369 e. The van der Waals surface area contributed by atoms with Crippen LogP contribution in [0, 0.1) is 0 Å². The highest BCUT2D eigenvalue weighted by atomic mass is 32.2. The van der Waals surface area contributed by atoms with Crippen LogP contribution in [0.1, 0.15) is 0 Å². The number of guanidine groups is 1. The number of aromatic nitrogens is 1. The highest BCUT2D eigenvalue weighted by Gasteiger charge is 2.19. The number of sulfonamides is 1. The number of hydrogen-bond acceptors (Lipinski definition) is 6. The van der Waals surface area contributed by atoms with E-state index in [0.717, 1.165) is 11.1 Å². The van der Waals surface area contributed by atoms with Crippen molar-refractivity contribution < 1.29 is 12.9 Å². The summed E-state index contributed by atoms with van der Waals surface area (Å²) in [6.07, 6.45) is 0. The number of nitrogens with zero attached hydrogens (tertiary/aromatic N) is 4. The molecule has 0 aliphatic rings. The molecule has 0 atom stereocenters. The van der Waals surface area contributed by atoms with Gasteiger partial charge in [0.2, 0.25) is 5.96 Å². The van der Waals surface area contributed by atoms with Gasteiger partial charge in [-0.05, 0) is 24.3 Å².